The number of fused-ring (bicyclic) bond motifs is 1. The molecule has 0 atom stereocenters. The zero-order valence-corrected chi connectivity index (χ0v) is 16.0. The molecule has 0 saturated heterocycles. The smallest absolute Gasteiger partial charge is 0.262 e. The number of aryl methyl sites for hydroxylation is 1. The zero-order valence-electron chi connectivity index (χ0n) is 15.2. The van der Waals surface area contributed by atoms with Crippen LogP contribution >= 0.6 is 11.3 Å². The van der Waals surface area contributed by atoms with Crippen LogP contribution in [0.2, 0.25) is 0 Å². The average molecular weight is 387 g/mol. The lowest BCUT2D eigenvalue weighted by molar-refractivity contribution is -0.116. The fourth-order valence-electron chi connectivity index (χ4n) is 2.63. The van der Waals surface area contributed by atoms with Gasteiger partial charge in [-0.05, 0) is 37.4 Å². The second kappa shape index (κ2) is 8.68. The van der Waals surface area contributed by atoms with Crippen molar-refractivity contribution in [2.24, 2.45) is 0 Å². The van der Waals surface area contributed by atoms with Crippen LogP contribution in [0.4, 0.5) is 5.69 Å². The van der Waals surface area contributed by atoms with E-state index in [1.807, 2.05) is 19.2 Å². The highest BCUT2D eigenvalue weighted by atomic mass is 32.1. The minimum atomic E-state index is -0.220. The summed E-state index contributed by atoms with van der Waals surface area (Å²) in [4.78, 5) is 29.7. The van der Waals surface area contributed by atoms with Crippen molar-refractivity contribution in [2.75, 3.05) is 18.5 Å². The van der Waals surface area contributed by atoms with Crippen molar-refractivity contribution in [2.45, 2.75) is 26.8 Å². The van der Waals surface area contributed by atoms with Crippen molar-refractivity contribution in [1.82, 2.24) is 9.55 Å². The van der Waals surface area contributed by atoms with Crippen molar-refractivity contribution in [1.29, 1.82) is 0 Å². The second-order valence-corrected chi connectivity index (χ2v) is 6.60. The molecule has 0 aliphatic carbocycles. The average Bonchev–Trinajstić information content (AvgIpc) is 3.13. The lowest BCUT2D eigenvalue weighted by Crippen LogP contribution is -2.23. The number of thiophene rings is 1. The highest BCUT2D eigenvalue weighted by Gasteiger charge is 2.11. The maximum absolute atomic E-state index is 12.4. The lowest BCUT2D eigenvalue weighted by atomic mass is 10.2. The standard InChI is InChI=1S/C19H21N3O4S/c1-3-25-13-5-6-16(26-4-2)15(11-13)21-17(23)7-9-22-12-20-18-14(19(22)24)8-10-27-18/h5-6,8,10-12H,3-4,7,9H2,1-2H3,(H,21,23). The van der Waals surface area contributed by atoms with E-state index in [0.717, 1.165) is 0 Å². The number of carbonyl (C=O) groups excluding carboxylic acids is 1. The van der Waals surface area contributed by atoms with Gasteiger partial charge in [-0.1, -0.05) is 0 Å². The number of nitrogens with one attached hydrogen (secondary N) is 1. The van der Waals surface area contributed by atoms with Gasteiger partial charge in [0.05, 0.1) is 30.6 Å². The molecule has 0 saturated carbocycles. The van der Waals surface area contributed by atoms with Crippen molar-refractivity contribution >= 4 is 33.1 Å². The number of hydrogen-bond donors (Lipinski definition) is 1. The molecule has 0 radical (unpaired) electrons. The Bertz CT molecular complexity index is 996. The summed E-state index contributed by atoms with van der Waals surface area (Å²) in [6.45, 7) is 5.03. The molecule has 2 heterocycles. The Labute approximate surface area is 160 Å². The fraction of sp³-hybridized carbons (Fsp3) is 0.316. The van der Waals surface area contributed by atoms with Gasteiger partial charge in [-0.15, -0.1) is 11.3 Å². The Kier molecular flexibility index (Phi) is 6.08. The minimum Gasteiger partial charge on any atom is -0.494 e. The monoisotopic (exact) mass is 387 g/mol. The van der Waals surface area contributed by atoms with Gasteiger partial charge >= 0.3 is 0 Å². The molecule has 1 amide bonds. The number of carbonyl (C=O) groups is 1. The van der Waals surface area contributed by atoms with Crippen LogP contribution in [-0.4, -0.2) is 28.7 Å². The maximum Gasteiger partial charge on any atom is 0.262 e. The predicted octanol–water partition coefficient (Wildman–Crippen LogP) is 3.28. The van der Waals surface area contributed by atoms with Crippen molar-refractivity contribution in [3.8, 4) is 11.5 Å². The van der Waals surface area contributed by atoms with Crippen LogP contribution in [0.25, 0.3) is 10.2 Å². The quantitative estimate of drug-likeness (QED) is 0.641. The fourth-order valence-corrected chi connectivity index (χ4v) is 3.36. The summed E-state index contributed by atoms with van der Waals surface area (Å²) in [6.07, 6.45) is 1.62. The summed E-state index contributed by atoms with van der Waals surface area (Å²) in [5, 5.41) is 5.24. The molecule has 7 nitrogen and oxygen atoms in total. The van der Waals surface area contributed by atoms with Gasteiger partial charge in [-0.3, -0.25) is 14.2 Å². The molecule has 1 aromatic carbocycles. The molecule has 3 aromatic rings. The number of ether oxygens (including phenoxy) is 2. The summed E-state index contributed by atoms with van der Waals surface area (Å²) in [5.41, 5.74) is 0.411. The van der Waals surface area contributed by atoms with Crippen molar-refractivity contribution < 1.29 is 14.3 Å². The summed E-state index contributed by atoms with van der Waals surface area (Å²) in [7, 11) is 0. The van der Waals surface area contributed by atoms with Gasteiger partial charge in [0.15, 0.2) is 0 Å². The first-order valence-corrected chi connectivity index (χ1v) is 9.62. The zero-order chi connectivity index (χ0) is 19.2. The number of anilines is 1. The third kappa shape index (κ3) is 4.46. The van der Waals surface area contributed by atoms with E-state index in [-0.39, 0.29) is 24.4 Å². The Hall–Kier alpha value is -2.87. The molecular weight excluding hydrogens is 366 g/mol. The third-order valence-electron chi connectivity index (χ3n) is 3.87. The number of rotatable bonds is 8. The van der Waals surface area contributed by atoms with Crippen LogP contribution in [0.5, 0.6) is 11.5 Å². The molecule has 27 heavy (non-hydrogen) atoms. The summed E-state index contributed by atoms with van der Waals surface area (Å²) >= 11 is 1.42. The SMILES string of the molecule is CCOc1ccc(OCC)c(NC(=O)CCn2cnc3sccc3c2=O)c1. The topological polar surface area (TPSA) is 82.4 Å². The van der Waals surface area contributed by atoms with Crippen LogP contribution in [0.1, 0.15) is 20.3 Å². The van der Waals surface area contributed by atoms with Crippen molar-refractivity contribution in [3.05, 3.63) is 46.3 Å². The van der Waals surface area contributed by atoms with E-state index in [2.05, 4.69) is 10.3 Å². The van der Waals surface area contributed by atoms with Crippen LogP contribution in [-0.2, 0) is 11.3 Å². The molecule has 2 aromatic heterocycles. The third-order valence-corrected chi connectivity index (χ3v) is 4.69. The molecule has 0 bridgehead atoms. The van der Waals surface area contributed by atoms with E-state index in [1.165, 1.54) is 22.2 Å². The normalized spacial score (nSPS) is 10.7. The first-order chi connectivity index (χ1) is 13.1. The van der Waals surface area contributed by atoms with Gasteiger partial charge < -0.3 is 14.8 Å². The molecule has 142 valence electrons. The molecular formula is C19H21N3O4S. The van der Waals surface area contributed by atoms with Crippen molar-refractivity contribution in [3.63, 3.8) is 0 Å². The summed E-state index contributed by atoms with van der Waals surface area (Å²) < 4.78 is 12.5. The summed E-state index contributed by atoms with van der Waals surface area (Å²) in [6, 6.07) is 7.05. The highest BCUT2D eigenvalue weighted by molar-refractivity contribution is 7.16. The Morgan fingerprint density at radius 1 is 1.22 bits per heavy atom. The minimum absolute atomic E-state index is 0.137. The Morgan fingerprint density at radius 2 is 2.04 bits per heavy atom. The van der Waals surface area contributed by atoms with Crippen LogP contribution in [0, 0.1) is 0 Å². The number of nitrogens with zero attached hydrogens (tertiary/aromatic N) is 2. The van der Waals surface area contributed by atoms with Gasteiger partial charge in [0, 0.05) is 19.0 Å². The molecule has 0 unspecified atom stereocenters. The molecule has 3 rings (SSSR count). The number of benzene rings is 1. The Balaban J connectivity index is 1.70. The second-order valence-electron chi connectivity index (χ2n) is 5.70. The van der Waals surface area contributed by atoms with Gasteiger partial charge in [-0.25, -0.2) is 4.98 Å². The van der Waals surface area contributed by atoms with Gasteiger partial charge in [0.2, 0.25) is 5.91 Å². The maximum atomic E-state index is 12.4. The predicted molar refractivity (Wildman–Crippen MR) is 106 cm³/mol. The van der Waals surface area contributed by atoms with Crippen LogP contribution in [0.15, 0.2) is 40.8 Å². The van der Waals surface area contributed by atoms with E-state index in [1.54, 1.807) is 24.3 Å². The van der Waals surface area contributed by atoms with E-state index in [4.69, 9.17) is 9.47 Å². The van der Waals surface area contributed by atoms with Gasteiger partial charge in [0.1, 0.15) is 16.3 Å². The van der Waals surface area contributed by atoms with Gasteiger partial charge in [0.25, 0.3) is 5.56 Å². The van der Waals surface area contributed by atoms with E-state index < -0.39 is 0 Å². The number of aromatic nitrogens is 2. The lowest BCUT2D eigenvalue weighted by Gasteiger charge is -2.13. The highest BCUT2D eigenvalue weighted by Crippen LogP contribution is 2.29. The molecule has 8 heteroatoms. The molecule has 1 N–H and O–H groups in total. The Morgan fingerprint density at radius 3 is 2.81 bits per heavy atom. The number of amides is 1. The molecule has 0 spiro atoms. The summed E-state index contributed by atoms with van der Waals surface area (Å²) in [5.74, 6) is 1.01. The van der Waals surface area contributed by atoms with E-state index >= 15 is 0 Å². The van der Waals surface area contributed by atoms with E-state index in [9.17, 15) is 9.59 Å². The molecule has 0 aliphatic rings. The van der Waals surface area contributed by atoms with Gasteiger partial charge in [-0.2, -0.15) is 0 Å². The molecule has 0 fully saturated rings. The molecule has 0 aliphatic heterocycles. The largest absolute Gasteiger partial charge is 0.494 e. The first-order valence-electron chi connectivity index (χ1n) is 8.74. The number of hydrogen-bond acceptors (Lipinski definition) is 6. The first kappa shape index (κ1) is 18.9. The van der Waals surface area contributed by atoms with Crippen LogP contribution < -0.4 is 20.3 Å². The van der Waals surface area contributed by atoms with E-state index in [0.29, 0.717) is 40.6 Å². The van der Waals surface area contributed by atoms with Crippen LogP contribution in [0.3, 0.4) is 0 Å².